The Kier molecular flexibility index (Phi) is 3.40. The molecule has 0 radical (unpaired) electrons. The average Bonchev–Trinajstić information content (AvgIpc) is 2.63. The zero-order chi connectivity index (χ0) is 11.5. The maximum Gasteiger partial charge on any atom is 0.169 e. The normalized spacial score (nSPS) is 19.8. The van der Waals surface area contributed by atoms with E-state index in [9.17, 15) is 0 Å². The van der Waals surface area contributed by atoms with Crippen LogP contribution in [0.4, 0.5) is 5.82 Å². The van der Waals surface area contributed by atoms with Gasteiger partial charge in [0.2, 0.25) is 0 Å². The topological polar surface area (TPSA) is 65.1 Å². The quantitative estimate of drug-likeness (QED) is 0.708. The van der Waals surface area contributed by atoms with E-state index in [4.69, 9.17) is 11.6 Å². The monoisotopic (exact) mass is 257 g/mol. The minimum Gasteiger partial charge on any atom is -0.346 e. The number of amidine groups is 1. The van der Waals surface area contributed by atoms with Crippen LogP contribution in [-0.4, -0.2) is 27.8 Å². The van der Waals surface area contributed by atoms with Crippen LogP contribution in [0.1, 0.15) is 5.69 Å². The van der Waals surface area contributed by atoms with Crippen LogP contribution in [0.2, 0.25) is 0 Å². The number of hydrogen-bond acceptors (Lipinski definition) is 5. The van der Waals surface area contributed by atoms with Crippen LogP contribution in [0.5, 0.6) is 0 Å². The molecule has 0 amide bonds. The van der Waals surface area contributed by atoms with Crippen molar-refractivity contribution in [3.05, 3.63) is 23.0 Å². The first-order chi connectivity index (χ1) is 7.67. The third kappa shape index (κ3) is 2.70. The lowest BCUT2D eigenvalue weighted by atomic mass is 10.4. The van der Waals surface area contributed by atoms with E-state index in [0.717, 1.165) is 11.5 Å². The van der Waals surface area contributed by atoms with Crippen molar-refractivity contribution in [3.8, 4) is 0 Å². The molecule has 0 aliphatic carbocycles. The smallest absolute Gasteiger partial charge is 0.169 e. The SMILES string of the molecule is CSC1N=C(Nc2cc(C)[nH]n2)C=C(Cl)N1. The van der Waals surface area contributed by atoms with Gasteiger partial charge in [0, 0.05) is 17.8 Å². The van der Waals surface area contributed by atoms with Crippen molar-refractivity contribution in [3.63, 3.8) is 0 Å². The molecule has 0 saturated heterocycles. The maximum atomic E-state index is 5.94. The van der Waals surface area contributed by atoms with E-state index >= 15 is 0 Å². The molecule has 1 aliphatic rings. The number of rotatable bonds is 2. The van der Waals surface area contributed by atoms with Crippen molar-refractivity contribution in [2.24, 2.45) is 4.99 Å². The Balaban J connectivity index is 2.11. The van der Waals surface area contributed by atoms with Gasteiger partial charge in [0.05, 0.1) is 0 Å². The van der Waals surface area contributed by atoms with Gasteiger partial charge in [-0.2, -0.15) is 5.10 Å². The number of aromatic nitrogens is 2. The molecule has 1 aliphatic heterocycles. The number of anilines is 1. The van der Waals surface area contributed by atoms with Gasteiger partial charge in [-0.05, 0) is 13.2 Å². The van der Waals surface area contributed by atoms with Crippen LogP contribution in [-0.2, 0) is 0 Å². The lowest BCUT2D eigenvalue weighted by Gasteiger charge is -2.18. The minimum absolute atomic E-state index is 0.0555. The molecule has 16 heavy (non-hydrogen) atoms. The first-order valence-electron chi connectivity index (χ1n) is 4.71. The summed E-state index contributed by atoms with van der Waals surface area (Å²) in [5.41, 5.74) is 0.938. The maximum absolute atomic E-state index is 5.94. The van der Waals surface area contributed by atoms with E-state index in [1.54, 1.807) is 17.8 Å². The Labute approximate surface area is 103 Å². The summed E-state index contributed by atoms with van der Waals surface area (Å²) >= 11 is 7.52. The molecular weight excluding hydrogens is 246 g/mol. The Hall–Kier alpha value is -1.14. The second-order valence-corrected chi connectivity index (χ2v) is 4.63. The van der Waals surface area contributed by atoms with Crippen LogP contribution < -0.4 is 10.6 Å². The number of H-pyrrole nitrogens is 1. The molecule has 0 saturated carbocycles. The molecular formula is C9H12ClN5S. The molecule has 1 atom stereocenters. The molecule has 0 fully saturated rings. The fourth-order valence-corrected chi connectivity index (χ4v) is 2.00. The first kappa shape index (κ1) is 11.3. The number of nitrogens with zero attached hydrogens (tertiary/aromatic N) is 2. The standard InChI is InChI=1S/C9H12ClN5S/c1-5-3-8(15-14-5)12-7-4-6(10)11-9(13-7)16-2/h3-4,9,11H,1-2H3,(H2,12,13,14,15). The number of aromatic amines is 1. The zero-order valence-electron chi connectivity index (χ0n) is 8.91. The van der Waals surface area contributed by atoms with E-state index in [-0.39, 0.29) is 5.50 Å². The van der Waals surface area contributed by atoms with E-state index in [0.29, 0.717) is 11.0 Å². The largest absolute Gasteiger partial charge is 0.346 e. The van der Waals surface area contributed by atoms with Gasteiger partial charge in [-0.1, -0.05) is 11.6 Å². The van der Waals surface area contributed by atoms with Gasteiger partial charge < -0.3 is 10.6 Å². The highest BCUT2D eigenvalue weighted by atomic mass is 35.5. The van der Waals surface area contributed by atoms with Gasteiger partial charge in [0.15, 0.2) is 11.3 Å². The van der Waals surface area contributed by atoms with Gasteiger partial charge in [-0.15, -0.1) is 11.8 Å². The van der Waals surface area contributed by atoms with Gasteiger partial charge in [0.25, 0.3) is 0 Å². The third-order valence-electron chi connectivity index (χ3n) is 1.97. The fraction of sp³-hybridized carbons (Fsp3) is 0.333. The summed E-state index contributed by atoms with van der Waals surface area (Å²) in [6.45, 7) is 1.94. The highest BCUT2D eigenvalue weighted by molar-refractivity contribution is 7.99. The summed E-state index contributed by atoms with van der Waals surface area (Å²) in [6.07, 6.45) is 3.70. The Bertz CT molecular complexity index is 439. The molecule has 1 aromatic rings. The Morgan fingerprint density at radius 2 is 2.38 bits per heavy atom. The lowest BCUT2D eigenvalue weighted by Crippen LogP contribution is -2.29. The van der Waals surface area contributed by atoms with Crippen LogP contribution in [0.3, 0.4) is 0 Å². The predicted octanol–water partition coefficient (Wildman–Crippen LogP) is 1.86. The molecule has 2 rings (SSSR count). The van der Waals surface area contributed by atoms with E-state index < -0.39 is 0 Å². The molecule has 3 N–H and O–H groups in total. The second kappa shape index (κ2) is 4.80. The molecule has 0 spiro atoms. The van der Waals surface area contributed by atoms with Crippen LogP contribution in [0.25, 0.3) is 0 Å². The van der Waals surface area contributed by atoms with Crippen molar-refractivity contribution in [2.75, 3.05) is 11.6 Å². The van der Waals surface area contributed by atoms with Gasteiger partial charge in [0.1, 0.15) is 11.0 Å². The Morgan fingerprint density at radius 3 is 3.00 bits per heavy atom. The van der Waals surface area contributed by atoms with Crippen molar-refractivity contribution in [1.82, 2.24) is 15.5 Å². The summed E-state index contributed by atoms with van der Waals surface area (Å²) in [6, 6.07) is 1.90. The summed E-state index contributed by atoms with van der Waals surface area (Å²) in [7, 11) is 0. The number of nitrogens with one attached hydrogen (secondary N) is 3. The molecule has 0 bridgehead atoms. The fourth-order valence-electron chi connectivity index (χ4n) is 1.27. The van der Waals surface area contributed by atoms with E-state index in [1.165, 1.54) is 0 Å². The summed E-state index contributed by atoms with van der Waals surface area (Å²) < 4.78 is 0. The van der Waals surface area contributed by atoms with Gasteiger partial charge >= 0.3 is 0 Å². The van der Waals surface area contributed by atoms with Crippen molar-refractivity contribution >= 4 is 35.0 Å². The highest BCUT2D eigenvalue weighted by Gasteiger charge is 2.13. The molecule has 5 nitrogen and oxygen atoms in total. The van der Waals surface area contributed by atoms with Gasteiger partial charge in [-0.25, -0.2) is 4.99 Å². The van der Waals surface area contributed by atoms with Crippen LogP contribution in [0.15, 0.2) is 22.3 Å². The molecule has 7 heteroatoms. The summed E-state index contributed by atoms with van der Waals surface area (Å²) in [5.74, 6) is 1.44. The highest BCUT2D eigenvalue weighted by Crippen LogP contribution is 2.15. The van der Waals surface area contributed by atoms with Crippen LogP contribution >= 0.6 is 23.4 Å². The second-order valence-electron chi connectivity index (χ2n) is 3.30. The summed E-state index contributed by atoms with van der Waals surface area (Å²) in [5, 5.41) is 13.6. The Morgan fingerprint density at radius 1 is 1.56 bits per heavy atom. The number of aryl methyl sites for hydroxylation is 1. The van der Waals surface area contributed by atoms with E-state index in [2.05, 4.69) is 25.8 Å². The molecule has 2 heterocycles. The third-order valence-corrected chi connectivity index (χ3v) is 2.85. The van der Waals surface area contributed by atoms with Crippen LogP contribution in [0, 0.1) is 6.92 Å². The molecule has 86 valence electrons. The lowest BCUT2D eigenvalue weighted by molar-refractivity contribution is 0.799. The zero-order valence-corrected chi connectivity index (χ0v) is 10.5. The molecule has 1 unspecified atom stereocenters. The average molecular weight is 258 g/mol. The number of aliphatic imine (C=N–C) groups is 1. The van der Waals surface area contributed by atoms with E-state index in [1.807, 2.05) is 19.2 Å². The molecule has 1 aromatic heterocycles. The molecule has 0 aromatic carbocycles. The van der Waals surface area contributed by atoms with Crippen molar-refractivity contribution in [1.29, 1.82) is 0 Å². The van der Waals surface area contributed by atoms with Crippen molar-refractivity contribution < 1.29 is 0 Å². The minimum atomic E-state index is -0.0555. The van der Waals surface area contributed by atoms with Crippen molar-refractivity contribution in [2.45, 2.75) is 12.4 Å². The number of halogens is 1. The summed E-state index contributed by atoms with van der Waals surface area (Å²) in [4.78, 5) is 4.40. The number of thioether (sulfide) groups is 1. The van der Waals surface area contributed by atoms with Gasteiger partial charge in [-0.3, -0.25) is 5.10 Å². The predicted molar refractivity (Wildman–Crippen MR) is 68.8 cm³/mol. The number of hydrogen-bond donors (Lipinski definition) is 3. The first-order valence-corrected chi connectivity index (χ1v) is 6.37.